The summed E-state index contributed by atoms with van der Waals surface area (Å²) in [5.41, 5.74) is -2.04. The van der Waals surface area contributed by atoms with Crippen LogP contribution >= 0.6 is 11.8 Å². The van der Waals surface area contributed by atoms with Crippen molar-refractivity contribution < 1.29 is 19.6 Å². The molecule has 3 N–H and O–H groups in total. The lowest BCUT2D eigenvalue weighted by Crippen LogP contribution is -2.54. The average Bonchev–Trinajstić information content (AvgIpc) is 3.03. The highest BCUT2D eigenvalue weighted by molar-refractivity contribution is 7.99. The molecule has 1 amide bonds. The van der Waals surface area contributed by atoms with E-state index in [1.165, 1.54) is 30.0 Å². The van der Waals surface area contributed by atoms with Crippen molar-refractivity contribution in [2.45, 2.75) is 12.0 Å². The number of nitrogens with one attached hydrogen (secondary N) is 2. The van der Waals surface area contributed by atoms with E-state index in [0.29, 0.717) is 5.75 Å². The van der Waals surface area contributed by atoms with E-state index in [9.17, 15) is 29.6 Å². The minimum Gasteiger partial charge on any atom is -0.479 e. The molecular formula is C15H13N3O6S. The van der Waals surface area contributed by atoms with Crippen LogP contribution in [0.1, 0.15) is 16.8 Å². The van der Waals surface area contributed by atoms with E-state index in [2.05, 4.69) is 10.3 Å². The minimum atomic E-state index is -1.41. The minimum absolute atomic E-state index is 0.0972. The Kier molecular flexibility index (Phi) is 4.21. The Labute approximate surface area is 144 Å². The van der Waals surface area contributed by atoms with Gasteiger partial charge < -0.3 is 15.4 Å². The SMILES string of the molecule is O=C(NC1(C(=O)O)CCSC1)c1cc(=O)[nH]c2ccc([N+](=O)[O-])cc12. The van der Waals surface area contributed by atoms with Crippen molar-refractivity contribution in [2.75, 3.05) is 11.5 Å². The monoisotopic (exact) mass is 363 g/mol. The van der Waals surface area contributed by atoms with Crippen LogP contribution < -0.4 is 10.9 Å². The molecule has 10 heteroatoms. The predicted molar refractivity (Wildman–Crippen MR) is 91.0 cm³/mol. The summed E-state index contributed by atoms with van der Waals surface area (Å²) in [5, 5.41) is 23.1. The van der Waals surface area contributed by atoms with Crippen molar-refractivity contribution >= 4 is 40.2 Å². The molecular weight excluding hydrogens is 350 g/mol. The zero-order chi connectivity index (χ0) is 18.2. The van der Waals surface area contributed by atoms with Crippen LogP contribution in [0, 0.1) is 10.1 Å². The fourth-order valence-electron chi connectivity index (χ4n) is 2.71. The van der Waals surface area contributed by atoms with Crippen LogP contribution in [0.3, 0.4) is 0 Å². The van der Waals surface area contributed by atoms with Crippen LogP contribution in [-0.4, -0.2) is 43.9 Å². The summed E-state index contributed by atoms with van der Waals surface area (Å²) in [5.74, 6) is -1.09. The number of nitro groups is 1. The highest BCUT2D eigenvalue weighted by Gasteiger charge is 2.43. The number of fused-ring (bicyclic) bond motifs is 1. The molecule has 0 bridgehead atoms. The number of hydrogen-bond donors (Lipinski definition) is 3. The number of carbonyl (C=O) groups is 2. The second-order valence-corrected chi connectivity index (χ2v) is 6.78. The van der Waals surface area contributed by atoms with Gasteiger partial charge in [-0.2, -0.15) is 11.8 Å². The predicted octanol–water partition coefficient (Wildman–Crippen LogP) is 1.13. The molecule has 1 aromatic heterocycles. The molecule has 2 aromatic rings. The number of H-pyrrole nitrogens is 1. The quantitative estimate of drug-likeness (QED) is 0.546. The first-order valence-corrected chi connectivity index (χ1v) is 8.43. The van der Waals surface area contributed by atoms with Gasteiger partial charge in [0.15, 0.2) is 0 Å². The zero-order valence-electron chi connectivity index (χ0n) is 12.8. The lowest BCUT2D eigenvalue weighted by atomic mass is 9.98. The fourth-order valence-corrected chi connectivity index (χ4v) is 4.04. The Morgan fingerprint density at radius 2 is 2.12 bits per heavy atom. The number of benzene rings is 1. The van der Waals surface area contributed by atoms with Gasteiger partial charge in [0.1, 0.15) is 5.54 Å². The van der Waals surface area contributed by atoms with E-state index in [1.807, 2.05) is 0 Å². The molecule has 1 fully saturated rings. The van der Waals surface area contributed by atoms with Crippen molar-refractivity contribution in [2.24, 2.45) is 0 Å². The summed E-state index contributed by atoms with van der Waals surface area (Å²) in [4.78, 5) is 48.9. The number of carboxylic acids is 1. The normalized spacial score (nSPS) is 19.7. The number of amides is 1. The Hall–Kier alpha value is -2.88. The molecule has 1 saturated heterocycles. The number of aromatic amines is 1. The average molecular weight is 363 g/mol. The number of nitrogens with zero attached hydrogens (tertiary/aromatic N) is 1. The Morgan fingerprint density at radius 3 is 2.72 bits per heavy atom. The number of pyridine rings is 1. The van der Waals surface area contributed by atoms with Gasteiger partial charge in [-0.3, -0.25) is 19.7 Å². The molecule has 2 heterocycles. The van der Waals surface area contributed by atoms with Crippen LogP contribution in [0.25, 0.3) is 10.9 Å². The third kappa shape index (κ3) is 3.07. The number of carboxylic acid groups (broad SMARTS) is 1. The molecule has 9 nitrogen and oxygen atoms in total. The molecule has 1 unspecified atom stereocenters. The summed E-state index contributed by atoms with van der Waals surface area (Å²) in [6.07, 6.45) is 0.264. The number of hydrogen-bond acceptors (Lipinski definition) is 6. The van der Waals surface area contributed by atoms with E-state index in [-0.39, 0.29) is 34.3 Å². The van der Waals surface area contributed by atoms with Gasteiger partial charge in [-0.15, -0.1) is 0 Å². The number of thioether (sulfide) groups is 1. The van der Waals surface area contributed by atoms with Crippen molar-refractivity contribution in [3.8, 4) is 0 Å². The Morgan fingerprint density at radius 1 is 1.36 bits per heavy atom. The van der Waals surface area contributed by atoms with Gasteiger partial charge in [0.05, 0.1) is 10.5 Å². The first-order chi connectivity index (χ1) is 11.8. The molecule has 0 saturated carbocycles. The molecule has 0 radical (unpaired) electrons. The van der Waals surface area contributed by atoms with E-state index < -0.39 is 27.9 Å². The molecule has 1 aliphatic heterocycles. The van der Waals surface area contributed by atoms with Gasteiger partial charge in [0.2, 0.25) is 5.56 Å². The van der Waals surface area contributed by atoms with Gasteiger partial charge in [0, 0.05) is 34.9 Å². The first-order valence-electron chi connectivity index (χ1n) is 7.27. The van der Waals surface area contributed by atoms with Crippen LogP contribution in [-0.2, 0) is 4.79 Å². The summed E-state index contributed by atoms with van der Waals surface area (Å²) < 4.78 is 0. The first kappa shape index (κ1) is 17.0. The lowest BCUT2D eigenvalue weighted by Gasteiger charge is -2.24. The molecule has 130 valence electrons. The molecule has 25 heavy (non-hydrogen) atoms. The standard InChI is InChI=1S/C15H13N3O6S/c19-12-6-10(9-5-8(18(23)24)1-2-11(9)16-12)13(20)17-15(14(21)22)3-4-25-7-15/h1-2,5-6H,3-4,7H2,(H,16,19)(H,17,20)(H,21,22). The lowest BCUT2D eigenvalue weighted by molar-refractivity contribution is -0.384. The maximum Gasteiger partial charge on any atom is 0.330 e. The van der Waals surface area contributed by atoms with E-state index in [0.717, 1.165) is 6.07 Å². The fraction of sp³-hybridized carbons (Fsp3) is 0.267. The topological polar surface area (TPSA) is 142 Å². The van der Waals surface area contributed by atoms with Crippen molar-refractivity contribution in [3.63, 3.8) is 0 Å². The largest absolute Gasteiger partial charge is 0.479 e. The zero-order valence-corrected chi connectivity index (χ0v) is 13.6. The number of aliphatic carboxylic acids is 1. The summed E-state index contributed by atoms with van der Waals surface area (Å²) in [7, 11) is 0. The van der Waals surface area contributed by atoms with Crippen molar-refractivity contribution in [1.29, 1.82) is 0 Å². The maximum absolute atomic E-state index is 12.7. The van der Waals surface area contributed by atoms with E-state index in [4.69, 9.17) is 0 Å². The van der Waals surface area contributed by atoms with Crippen LogP contribution in [0.15, 0.2) is 29.1 Å². The third-order valence-corrected chi connectivity index (χ3v) is 5.26. The second kappa shape index (κ2) is 6.20. The molecule has 3 rings (SSSR count). The highest BCUT2D eigenvalue weighted by Crippen LogP contribution is 2.29. The number of rotatable bonds is 4. The van der Waals surface area contributed by atoms with Crippen molar-refractivity contribution in [3.05, 3.63) is 50.3 Å². The number of aromatic nitrogens is 1. The van der Waals surface area contributed by atoms with Gasteiger partial charge in [-0.05, 0) is 18.2 Å². The number of carbonyl (C=O) groups excluding carboxylic acids is 1. The Balaban J connectivity index is 2.08. The molecule has 1 aliphatic rings. The van der Waals surface area contributed by atoms with Crippen LogP contribution in [0.5, 0.6) is 0 Å². The maximum atomic E-state index is 12.7. The van der Waals surface area contributed by atoms with E-state index in [1.54, 1.807) is 0 Å². The molecule has 1 aromatic carbocycles. The summed E-state index contributed by atoms with van der Waals surface area (Å²) in [6.45, 7) is 0. The smallest absolute Gasteiger partial charge is 0.330 e. The van der Waals surface area contributed by atoms with Gasteiger partial charge >= 0.3 is 5.97 Å². The van der Waals surface area contributed by atoms with Gasteiger partial charge in [0.25, 0.3) is 11.6 Å². The van der Waals surface area contributed by atoms with Gasteiger partial charge in [-0.1, -0.05) is 0 Å². The van der Waals surface area contributed by atoms with Crippen molar-refractivity contribution in [1.82, 2.24) is 10.3 Å². The summed E-state index contributed by atoms with van der Waals surface area (Å²) in [6, 6.07) is 4.74. The molecule has 0 spiro atoms. The number of nitro benzene ring substituents is 1. The van der Waals surface area contributed by atoms with Crippen LogP contribution in [0.2, 0.25) is 0 Å². The van der Waals surface area contributed by atoms with E-state index >= 15 is 0 Å². The second-order valence-electron chi connectivity index (χ2n) is 5.68. The van der Waals surface area contributed by atoms with Crippen LogP contribution in [0.4, 0.5) is 5.69 Å². The highest BCUT2D eigenvalue weighted by atomic mass is 32.2. The summed E-state index contributed by atoms with van der Waals surface area (Å²) >= 11 is 1.41. The molecule has 1 atom stereocenters. The van der Waals surface area contributed by atoms with Gasteiger partial charge in [-0.25, -0.2) is 4.79 Å². The Bertz CT molecular complexity index is 948. The number of non-ortho nitro benzene ring substituents is 1. The molecule has 0 aliphatic carbocycles. The third-order valence-electron chi connectivity index (χ3n) is 4.07.